The van der Waals surface area contributed by atoms with E-state index in [1.807, 2.05) is 48.9 Å². The maximum absolute atomic E-state index is 13.5. The Morgan fingerprint density at radius 1 is 1.31 bits per heavy atom. The molecule has 2 heterocycles. The molecule has 1 aliphatic rings. The van der Waals surface area contributed by atoms with Crippen molar-refractivity contribution in [2.45, 2.75) is 32.4 Å². The molecule has 1 atom stereocenters. The number of ether oxygens (including phenoxy) is 1. The van der Waals surface area contributed by atoms with Gasteiger partial charge in [0.25, 0.3) is 11.8 Å². The SMILES string of the molecule is CCN1Cc2cccc(C(=O)N[C@@H](CCCNC(=N)CCl)c3nc4cc(OC)ccc4n3C)c2C1=O. The summed E-state index contributed by atoms with van der Waals surface area (Å²) in [7, 11) is 3.53. The van der Waals surface area contributed by atoms with Gasteiger partial charge in [0.1, 0.15) is 17.4 Å². The first-order valence-electron chi connectivity index (χ1n) is 12.0. The van der Waals surface area contributed by atoms with Gasteiger partial charge in [0.15, 0.2) is 0 Å². The Bertz CT molecular complexity index is 1300. The fourth-order valence-corrected chi connectivity index (χ4v) is 4.69. The topological polar surface area (TPSA) is 112 Å². The van der Waals surface area contributed by atoms with Gasteiger partial charge in [-0.15, -0.1) is 11.6 Å². The Balaban J connectivity index is 1.63. The molecule has 190 valence electrons. The van der Waals surface area contributed by atoms with Crippen molar-refractivity contribution in [3.8, 4) is 5.75 Å². The number of amidine groups is 1. The molecule has 0 unspecified atom stereocenters. The summed E-state index contributed by atoms with van der Waals surface area (Å²) in [6.07, 6.45) is 1.25. The van der Waals surface area contributed by atoms with Gasteiger partial charge in [-0.3, -0.25) is 15.0 Å². The van der Waals surface area contributed by atoms with Crippen LogP contribution in [0.5, 0.6) is 5.75 Å². The number of benzene rings is 2. The van der Waals surface area contributed by atoms with E-state index in [9.17, 15) is 9.59 Å². The van der Waals surface area contributed by atoms with Gasteiger partial charge in [0, 0.05) is 32.7 Å². The quantitative estimate of drug-likeness (QED) is 0.167. The van der Waals surface area contributed by atoms with Crippen LogP contribution in [0.4, 0.5) is 0 Å². The number of rotatable bonds is 10. The molecule has 4 rings (SSSR count). The van der Waals surface area contributed by atoms with E-state index in [0.717, 1.165) is 16.6 Å². The lowest BCUT2D eigenvalue weighted by atomic mass is 10.0. The molecule has 3 aromatic rings. The minimum Gasteiger partial charge on any atom is -0.497 e. The largest absolute Gasteiger partial charge is 0.497 e. The van der Waals surface area contributed by atoms with Gasteiger partial charge in [0.05, 0.1) is 41.2 Å². The molecule has 9 nitrogen and oxygen atoms in total. The van der Waals surface area contributed by atoms with Crippen molar-refractivity contribution >= 4 is 40.3 Å². The predicted molar refractivity (Wildman–Crippen MR) is 140 cm³/mol. The van der Waals surface area contributed by atoms with Gasteiger partial charge in [-0.1, -0.05) is 12.1 Å². The molecule has 2 aromatic carbocycles. The van der Waals surface area contributed by atoms with Gasteiger partial charge < -0.3 is 24.8 Å². The number of nitrogens with one attached hydrogen (secondary N) is 3. The van der Waals surface area contributed by atoms with Gasteiger partial charge in [0.2, 0.25) is 0 Å². The summed E-state index contributed by atoms with van der Waals surface area (Å²) >= 11 is 5.70. The van der Waals surface area contributed by atoms with E-state index in [1.165, 1.54) is 0 Å². The normalized spacial score (nSPS) is 13.6. The minimum atomic E-state index is -0.414. The highest BCUT2D eigenvalue weighted by atomic mass is 35.5. The molecule has 2 amide bonds. The number of halogens is 1. The second-order valence-electron chi connectivity index (χ2n) is 8.75. The van der Waals surface area contributed by atoms with Crippen LogP contribution in [0.3, 0.4) is 0 Å². The molecule has 0 bridgehead atoms. The summed E-state index contributed by atoms with van der Waals surface area (Å²) in [6, 6.07) is 10.7. The Morgan fingerprint density at radius 3 is 2.83 bits per heavy atom. The van der Waals surface area contributed by atoms with Crippen molar-refractivity contribution < 1.29 is 14.3 Å². The van der Waals surface area contributed by atoms with Crippen LogP contribution in [0.15, 0.2) is 36.4 Å². The van der Waals surface area contributed by atoms with Crippen molar-refractivity contribution in [3.63, 3.8) is 0 Å². The zero-order valence-corrected chi connectivity index (χ0v) is 21.5. The van der Waals surface area contributed by atoms with Crippen LogP contribution in [0.2, 0.25) is 0 Å². The first-order chi connectivity index (χ1) is 17.4. The molecule has 1 aromatic heterocycles. The van der Waals surface area contributed by atoms with E-state index in [1.54, 1.807) is 18.1 Å². The van der Waals surface area contributed by atoms with E-state index in [4.69, 9.17) is 26.7 Å². The molecule has 0 fully saturated rings. The first kappa shape index (κ1) is 25.5. The average molecular weight is 511 g/mol. The third kappa shape index (κ3) is 5.02. The van der Waals surface area contributed by atoms with Crippen LogP contribution in [-0.2, 0) is 13.6 Å². The van der Waals surface area contributed by atoms with Gasteiger partial charge in [-0.2, -0.15) is 0 Å². The molecule has 0 aliphatic carbocycles. The summed E-state index contributed by atoms with van der Waals surface area (Å²) in [5.74, 6) is 1.35. The number of nitrogens with zero attached hydrogens (tertiary/aromatic N) is 3. The Labute approximate surface area is 215 Å². The smallest absolute Gasteiger partial charge is 0.255 e. The number of aromatic nitrogens is 2. The number of methoxy groups -OCH3 is 1. The monoisotopic (exact) mass is 510 g/mol. The van der Waals surface area contributed by atoms with E-state index in [0.29, 0.717) is 55.2 Å². The highest BCUT2D eigenvalue weighted by Crippen LogP contribution is 2.28. The zero-order valence-electron chi connectivity index (χ0n) is 20.7. The van der Waals surface area contributed by atoms with Crippen molar-refractivity contribution in [2.75, 3.05) is 26.1 Å². The van der Waals surface area contributed by atoms with Gasteiger partial charge >= 0.3 is 0 Å². The third-order valence-corrected chi connectivity index (χ3v) is 6.79. The standard InChI is InChI=1S/C26H31ClN6O3/c1-4-33-15-16-7-5-8-18(23(16)26(33)35)25(34)31-19(9-6-12-29-22(28)14-27)24-30-20-13-17(36-3)10-11-21(20)32(24)2/h5,7-8,10-11,13,19H,4,6,9,12,14-15H2,1-3H3,(H2,28,29)(H,31,34)/t19-/m0/s1. The molecule has 0 spiro atoms. The van der Waals surface area contributed by atoms with Crippen molar-refractivity contribution in [1.29, 1.82) is 5.41 Å². The van der Waals surface area contributed by atoms with Crippen LogP contribution < -0.4 is 15.4 Å². The fraction of sp³-hybridized carbons (Fsp3) is 0.385. The van der Waals surface area contributed by atoms with E-state index >= 15 is 0 Å². The molecule has 0 saturated carbocycles. The van der Waals surface area contributed by atoms with Crippen molar-refractivity contribution in [1.82, 2.24) is 25.1 Å². The second-order valence-corrected chi connectivity index (χ2v) is 9.02. The van der Waals surface area contributed by atoms with Crippen LogP contribution in [0.1, 0.15) is 57.9 Å². The van der Waals surface area contributed by atoms with Crippen LogP contribution in [0.25, 0.3) is 11.0 Å². The predicted octanol–water partition coefficient (Wildman–Crippen LogP) is 3.61. The molecule has 3 N–H and O–H groups in total. The van der Waals surface area contributed by atoms with Crippen molar-refractivity contribution in [3.05, 3.63) is 58.9 Å². The lowest BCUT2D eigenvalue weighted by Crippen LogP contribution is -2.33. The molecule has 1 aliphatic heterocycles. The van der Waals surface area contributed by atoms with Crippen LogP contribution in [-0.4, -0.2) is 58.2 Å². The highest BCUT2D eigenvalue weighted by Gasteiger charge is 2.32. The zero-order chi connectivity index (χ0) is 25.8. The average Bonchev–Trinajstić information content (AvgIpc) is 3.41. The lowest BCUT2D eigenvalue weighted by molar-refractivity contribution is 0.0780. The second kappa shape index (κ2) is 11.0. The van der Waals surface area contributed by atoms with Crippen molar-refractivity contribution in [2.24, 2.45) is 7.05 Å². The number of imidazole rings is 1. The van der Waals surface area contributed by atoms with Gasteiger partial charge in [-0.05, 0) is 43.5 Å². The number of alkyl halides is 1. The lowest BCUT2D eigenvalue weighted by Gasteiger charge is -2.20. The number of hydrogen-bond acceptors (Lipinski definition) is 5. The minimum absolute atomic E-state index is 0.117. The highest BCUT2D eigenvalue weighted by molar-refractivity contribution is 6.27. The van der Waals surface area contributed by atoms with E-state index in [2.05, 4.69) is 10.6 Å². The number of carbonyl (C=O) groups excluding carboxylic acids is 2. The number of carbonyl (C=O) groups is 2. The summed E-state index contributed by atoms with van der Waals surface area (Å²) in [5.41, 5.74) is 3.40. The number of aryl methyl sites for hydroxylation is 1. The summed E-state index contributed by atoms with van der Waals surface area (Å²) in [6.45, 7) is 3.57. The molecular weight excluding hydrogens is 480 g/mol. The Hall–Kier alpha value is -3.59. The summed E-state index contributed by atoms with van der Waals surface area (Å²) < 4.78 is 7.31. The Morgan fingerprint density at radius 2 is 2.11 bits per heavy atom. The number of hydrogen-bond donors (Lipinski definition) is 3. The summed E-state index contributed by atoms with van der Waals surface area (Å²) in [5, 5.41) is 13.8. The van der Waals surface area contributed by atoms with E-state index < -0.39 is 6.04 Å². The third-order valence-electron chi connectivity index (χ3n) is 6.52. The molecular formula is C26H31ClN6O3. The van der Waals surface area contributed by atoms with Gasteiger partial charge in [-0.25, -0.2) is 4.98 Å². The summed E-state index contributed by atoms with van der Waals surface area (Å²) in [4.78, 5) is 33.0. The first-order valence-corrected chi connectivity index (χ1v) is 12.5. The molecule has 0 saturated heterocycles. The molecule has 0 radical (unpaired) electrons. The number of fused-ring (bicyclic) bond motifs is 2. The molecule has 10 heteroatoms. The maximum atomic E-state index is 13.5. The Kier molecular flexibility index (Phi) is 7.79. The maximum Gasteiger partial charge on any atom is 0.255 e. The fourth-order valence-electron chi connectivity index (χ4n) is 4.60. The van der Waals surface area contributed by atoms with Crippen LogP contribution in [0, 0.1) is 5.41 Å². The van der Waals surface area contributed by atoms with E-state index in [-0.39, 0.29) is 23.5 Å². The number of amides is 2. The van der Waals surface area contributed by atoms with Crippen LogP contribution >= 0.6 is 11.6 Å². The molecule has 36 heavy (non-hydrogen) atoms.